The number of nitrogens with zero attached hydrogens (tertiary/aromatic N) is 4. The third-order valence-electron chi connectivity index (χ3n) is 6.01. The van der Waals surface area contributed by atoms with Crippen LogP contribution < -0.4 is 5.56 Å². The van der Waals surface area contributed by atoms with Gasteiger partial charge in [0.25, 0.3) is 5.56 Å². The Balaban J connectivity index is 1.34. The standard InChI is InChI=1S/C26H25FN4O/c27-23-7-5-20(6-8-23)3-4-21-11-14-30(26(32)17-21)24-9-10-25-22(18-24)19-28-31(25)16-15-29-12-1-2-13-29/h3-11,14,17-19H,1-2,12-13,15-16H2. The molecule has 0 amide bonds. The third kappa shape index (κ3) is 4.41. The highest BCUT2D eigenvalue weighted by Gasteiger charge is 2.12. The number of hydrogen-bond donors (Lipinski definition) is 0. The van der Waals surface area contributed by atoms with Gasteiger partial charge in [0.15, 0.2) is 0 Å². The van der Waals surface area contributed by atoms with Crippen LogP contribution in [-0.4, -0.2) is 38.9 Å². The second-order valence-corrected chi connectivity index (χ2v) is 8.21. The summed E-state index contributed by atoms with van der Waals surface area (Å²) in [6.45, 7) is 4.26. The SMILES string of the molecule is O=c1cc(C=Cc2ccc(F)cc2)ccn1-c1ccc2c(cnn2CCN2CCCC2)c1. The van der Waals surface area contributed by atoms with Crippen molar-refractivity contribution in [2.75, 3.05) is 19.6 Å². The van der Waals surface area contributed by atoms with Gasteiger partial charge in [-0.25, -0.2) is 4.39 Å². The van der Waals surface area contributed by atoms with Gasteiger partial charge in [-0.2, -0.15) is 5.10 Å². The Hall–Kier alpha value is -3.51. The van der Waals surface area contributed by atoms with Crippen LogP contribution in [0.4, 0.5) is 4.39 Å². The second kappa shape index (κ2) is 8.93. The van der Waals surface area contributed by atoms with E-state index in [1.807, 2.05) is 47.3 Å². The summed E-state index contributed by atoms with van der Waals surface area (Å²) >= 11 is 0. The molecule has 1 aliphatic heterocycles. The molecule has 0 aliphatic carbocycles. The average Bonchev–Trinajstić information content (AvgIpc) is 3.47. The Kier molecular flexibility index (Phi) is 5.69. The lowest BCUT2D eigenvalue weighted by atomic mass is 10.1. The molecule has 0 radical (unpaired) electrons. The molecular weight excluding hydrogens is 403 g/mol. The molecule has 5 rings (SSSR count). The van der Waals surface area contributed by atoms with Crippen molar-refractivity contribution >= 4 is 23.1 Å². The smallest absolute Gasteiger partial charge is 0.255 e. The van der Waals surface area contributed by atoms with Crippen LogP contribution in [0.25, 0.3) is 28.7 Å². The first kappa shape index (κ1) is 20.4. The Morgan fingerprint density at radius 2 is 1.69 bits per heavy atom. The van der Waals surface area contributed by atoms with Crippen LogP contribution in [0.3, 0.4) is 0 Å². The molecule has 0 bridgehead atoms. The molecule has 2 aromatic carbocycles. The minimum absolute atomic E-state index is 0.105. The maximum atomic E-state index is 13.0. The minimum atomic E-state index is -0.265. The number of likely N-dealkylation sites (tertiary alicyclic amines) is 1. The molecule has 0 saturated carbocycles. The van der Waals surface area contributed by atoms with Crippen molar-refractivity contribution in [2.24, 2.45) is 0 Å². The zero-order valence-electron chi connectivity index (χ0n) is 17.8. The molecule has 32 heavy (non-hydrogen) atoms. The highest BCUT2D eigenvalue weighted by molar-refractivity contribution is 5.81. The van der Waals surface area contributed by atoms with Crippen LogP contribution >= 0.6 is 0 Å². The lowest BCUT2D eigenvalue weighted by molar-refractivity contribution is 0.318. The molecule has 0 atom stereocenters. The summed E-state index contributed by atoms with van der Waals surface area (Å²) in [5.74, 6) is -0.265. The zero-order chi connectivity index (χ0) is 21.9. The van der Waals surface area contributed by atoms with E-state index in [-0.39, 0.29) is 11.4 Å². The highest BCUT2D eigenvalue weighted by Crippen LogP contribution is 2.19. The number of pyridine rings is 1. The first-order valence-electron chi connectivity index (χ1n) is 11.0. The van der Waals surface area contributed by atoms with Gasteiger partial charge in [0.05, 0.1) is 18.3 Å². The number of hydrogen-bond acceptors (Lipinski definition) is 3. The largest absolute Gasteiger partial charge is 0.301 e. The summed E-state index contributed by atoms with van der Waals surface area (Å²) in [6.07, 6.45) is 9.95. The van der Waals surface area contributed by atoms with Crippen LogP contribution in [0.5, 0.6) is 0 Å². The van der Waals surface area contributed by atoms with Crippen LogP contribution in [0, 0.1) is 5.82 Å². The molecule has 1 fully saturated rings. The van der Waals surface area contributed by atoms with E-state index in [0.717, 1.165) is 40.8 Å². The van der Waals surface area contributed by atoms with E-state index in [0.29, 0.717) is 0 Å². The lowest BCUT2D eigenvalue weighted by Gasteiger charge is -2.14. The van der Waals surface area contributed by atoms with Gasteiger partial charge in [0.1, 0.15) is 5.82 Å². The Morgan fingerprint density at radius 1 is 0.906 bits per heavy atom. The fourth-order valence-electron chi connectivity index (χ4n) is 4.22. The quantitative estimate of drug-likeness (QED) is 0.451. The summed E-state index contributed by atoms with van der Waals surface area (Å²) < 4.78 is 16.7. The summed E-state index contributed by atoms with van der Waals surface area (Å²) in [7, 11) is 0. The Bertz CT molecular complexity index is 1310. The maximum Gasteiger partial charge on any atom is 0.255 e. The molecular formula is C26H25FN4O. The van der Waals surface area contributed by atoms with Crippen molar-refractivity contribution in [3.63, 3.8) is 0 Å². The van der Waals surface area contributed by atoms with Crippen molar-refractivity contribution in [3.05, 3.63) is 94.3 Å². The zero-order valence-corrected chi connectivity index (χ0v) is 17.8. The molecule has 1 saturated heterocycles. The molecule has 0 N–H and O–H groups in total. The van der Waals surface area contributed by atoms with Gasteiger partial charge in [-0.3, -0.25) is 14.0 Å². The predicted molar refractivity (Wildman–Crippen MR) is 126 cm³/mol. The molecule has 0 unspecified atom stereocenters. The second-order valence-electron chi connectivity index (χ2n) is 8.21. The number of fused-ring (bicyclic) bond motifs is 1. The van der Waals surface area contributed by atoms with Crippen LogP contribution in [0.2, 0.25) is 0 Å². The van der Waals surface area contributed by atoms with Crippen LogP contribution in [-0.2, 0) is 6.54 Å². The summed E-state index contributed by atoms with van der Waals surface area (Å²) in [5.41, 5.74) is 3.47. The summed E-state index contributed by atoms with van der Waals surface area (Å²) in [6, 6.07) is 15.7. The highest BCUT2D eigenvalue weighted by atomic mass is 19.1. The normalized spacial score (nSPS) is 14.7. The van der Waals surface area contributed by atoms with Crippen molar-refractivity contribution in [2.45, 2.75) is 19.4 Å². The summed E-state index contributed by atoms with van der Waals surface area (Å²) in [5, 5.41) is 5.58. The van der Waals surface area contributed by atoms with Gasteiger partial charge < -0.3 is 4.90 Å². The molecule has 2 aromatic heterocycles. The van der Waals surface area contributed by atoms with Crippen molar-refractivity contribution in [3.8, 4) is 5.69 Å². The van der Waals surface area contributed by atoms with Crippen molar-refractivity contribution in [1.29, 1.82) is 0 Å². The first-order chi connectivity index (χ1) is 15.7. The molecule has 3 heterocycles. The van der Waals surface area contributed by atoms with Crippen molar-refractivity contribution in [1.82, 2.24) is 19.2 Å². The third-order valence-corrected chi connectivity index (χ3v) is 6.01. The lowest BCUT2D eigenvalue weighted by Crippen LogP contribution is -2.24. The van der Waals surface area contributed by atoms with E-state index in [4.69, 9.17) is 0 Å². The summed E-state index contributed by atoms with van der Waals surface area (Å²) in [4.78, 5) is 15.2. The number of benzene rings is 2. The van der Waals surface area contributed by atoms with Crippen LogP contribution in [0.15, 0.2) is 71.8 Å². The molecule has 0 spiro atoms. The number of aromatic nitrogens is 3. The minimum Gasteiger partial charge on any atom is -0.301 e. The predicted octanol–water partition coefficient (Wildman–Crippen LogP) is 4.59. The van der Waals surface area contributed by atoms with E-state index < -0.39 is 0 Å². The van der Waals surface area contributed by atoms with E-state index in [2.05, 4.69) is 10.00 Å². The first-order valence-corrected chi connectivity index (χ1v) is 11.0. The fourth-order valence-corrected chi connectivity index (χ4v) is 4.22. The monoisotopic (exact) mass is 428 g/mol. The molecule has 4 aromatic rings. The van der Waals surface area contributed by atoms with Gasteiger partial charge in [0, 0.05) is 29.9 Å². The van der Waals surface area contributed by atoms with E-state index in [1.165, 1.54) is 38.1 Å². The molecule has 6 heteroatoms. The van der Waals surface area contributed by atoms with Gasteiger partial charge in [0.2, 0.25) is 0 Å². The van der Waals surface area contributed by atoms with Gasteiger partial charge in [-0.1, -0.05) is 24.3 Å². The number of halogens is 1. The van der Waals surface area contributed by atoms with E-state index in [9.17, 15) is 9.18 Å². The van der Waals surface area contributed by atoms with Crippen molar-refractivity contribution < 1.29 is 4.39 Å². The Morgan fingerprint density at radius 3 is 2.47 bits per heavy atom. The molecule has 162 valence electrons. The molecule has 1 aliphatic rings. The van der Waals surface area contributed by atoms with E-state index in [1.54, 1.807) is 29.0 Å². The van der Waals surface area contributed by atoms with E-state index >= 15 is 0 Å². The van der Waals surface area contributed by atoms with Gasteiger partial charge >= 0.3 is 0 Å². The topological polar surface area (TPSA) is 43.1 Å². The van der Waals surface area contributed by atoms with Gasteiger partial charge in [-0.05, 0) is 73.5 Å². The Labute approximate surface area is 186 Å². The maximum absolute atomic E-state index is 13.0. The van der Waals surface area contributed by atoms with Gasteiger partial charge in [-0.15, -0.1) is 0 Å². The number of rotatable bonds is 6. The average molecular weight is 429 g/mol. The van der Waals surface area contributed by atoms with Crippen LogP contribution in [0.1, 0.15) is 24.0 Å². The molecule has 5 nitrogen and oxygen atoms in total. The fraction of sp³-hybridized carbons (Fsp3) is 0.231.